The molecule has 0 aliphatic heterocycles. The van der Waals surface area contributed by atoms with Crippen LogP contribution in [0.1, 0.15) is 11.3 Å². The summed E-state index contributed by atoms with van der Waals surface area (Å²) in [6.07, 6.45) is 1.56. The molecule has 1 aromatic heterocycles. The van der Waals surface area contributed by atoms with Gasteiger partial charge in [0.05, 0.1) is 5.69 Å². The maximum Gasteiger partial charge on any atom is 0.299 e. The SMILES string of the molecule is Cc1ccccc1Nc1nc(CN)co1. The van der Waals surface area contributed by atoms with Crippen LogP contribution in [0.2, 0.25) is 0 Å². The van der Waals surface area contributed by atoms with Crippen molar-refractivity contribution in [2.45, 2.75) is 13.5 Å². The van der Waals surface area contributed by atoms with E-state index in [1.165, 1.54) is 0 Å². The Hall–Kier alpha value is -1.81. The van der Waals surface area contributed by atoms with Crippen LogP contribution in [-0.4, -0.2) is 4.98 Å². The summed E-state index contributed by atoms with van der Waals surface area (Å²) in [6, 6.07) is 8.42. The highest BCUT2D eigenvalue weighted by molar-refractivity contribution is 5.56. The van der Waals surface area contributed by atoms with Crippen LogP contribution in [0.25, 0.3) is 0 Å². The maximum atomic E-state index is 5.44. The third kappa shape index (κ3) is 2.16. The fourth-order valence-corrected chi connectivity index (χ4v) is 1.29. The van der Waals surface area contributed by atoms with Gasteiger partial charge in [0.1, 0.15) is 6.26 Å². The molecule has 78 valence electrons. The lowest BCUT2D eigenvalue weighted by atomic mass is 10.2. The van der Waals surface area contributed by atoms with Gasteiger partial charge in [0.15, 0.2) is 0 Å². The number of nitrogens with two attached hydrogens (primary N) is 1. The van der Waals surface area contributed by atoms with Crippen molar-refractivity contribution in [1.29, 1.82) is 0 Å². The van der Waals surface area contributed by atoms with E-state index in [-0.39, 0.29) is 0 Å². The predicted molar refractivity (Wildman–Crippen MR) is 58.9 cm³/mol. The molecular weight excluding hydrogens is 190 g/mol. The highest BCUT2D eigenvalue weighted by Gasteiger charge is 2.03. The Balaban J connectivity index is 2.18. The zero-order valence-corrected chi connectivity index (χ0v) is 8.53. The van der Waals surface area contributed by atoms with Crippen LogP contribution in [0.15, 0.2) is 34.9 Å². The zero-order chi connectivity index (χ0) is 10.7. The summed E-state index contributed by atoms with van der Waals surface area (Å²) in [4.78, 5) is 4.16. The second kappa shape index (κ2) is 4.14. The van der Waals surface area contributed by atoms with Gasteiger partial charge in [-0.05, 0) is 18.6 Å². The highest BCUT2D eigenvalue weighted by Crippen LogP contribution is 2.19. The molecule has 0 spiro atoms. The number of hydrogen-bond acceptors (Lipinski definition) is 4. The van der Waals surface area contributed by atoms with Crippen molar-refractivity contribution in [2.24, 2.45) is 5.73 Å². The largest absolute Gasteiger partial charge is 0.432 e. The number of oxazole rings is 1. The van der Waals surface area contributed by atoms with Gasteiger partial charge in [0.2, 0.25) is 0 Å². The first-order valence-electron chi connectivity index (χ1n) is 4.76. The van der Waals surface area contributed by atoms with E-state index in [0.29, 0.717) is 12.6 Å². The molecule has 0 radical (unpaired) electrons. The van der Waals surface area contributed by atoms with Crippen LogP contribution in [0.4, 0.5) is 11.7 Å². The summed E-state index contributed by atoms with van der Waals surface area (Å²) in [7, 11) is 0. The van der Waals surface area contributed by atoms with E-state index in [1.807, 2.05) is 31.2 Å². The molecular formula is C11H13N3O. The Bertz CT molecular complexity index is 451. The van der Waals surface area contributed by atoms with Crippen molar-refractivity contribution in [1.82, 2.24) is 4.98 Å². The van der Waals surface area contributed by atoms with Crippen LogP contribution < -0.4 is 11.1 Å². The first-order valence-corrected chi connectivity index (χ1v) is 4.76. The van der Waals surface area contributed by atoms with Gasteiger partial charge in [0, 0.05) is 12.2 Å². The van der Waals surface area contributed by atoms with E-state index in [1.54, 1.807) is 6.26 Å². The highest BCUT2D eigenvalue weighted by atomic mass is 16.4. The van der Waals surface area contributed by atoms with Gasteiger partial charge in [-0.2, -0.15) is 4.98 Å². The number of aromatic nitrogens is 1. The number of rotatable bonds is 3. The molecule has 2 rings (SSSR count). The molecule has 0 amide bonds. The number of nitrogens with one attached hydrogen (secondary N) is 1. The second-order valence-corrected chi connectivity index (χ2v) is 3.29. The van der Waals surface area contributed by atoms with Gasteiger partial charge in [0.25, 0.3) is 6.01 Å². The van der Waals surface area contributed by atoms with Crippen LogP contribution in [0.3, 0.4) is 0 Å². The lowest BCUT2D eigenvalue weighted by Crippen LogP contribution is -1.97. The van der Waals surface area contributed by atoms with Crippen LogP contribution in [-0.2, 0) is 6.54 Å². The standard InChI is InChI=1S/C11H13N3O/c1-8-4-2-3-5-10(8)14-11-13-9(6-12)7-15-11/h2-5,7H,6,12H2,1H3,(H,13,14). The molecule has 1 heterocycles. The number of para-hydroxylation sites is 1. The minimum Gasteiger partial charge on any atom is -0.432 e. The number of aryl methyl sites for hydroxylation is 1. The van der Waals surface area contributed by atoms with Crippen LogP contribution in [0, 0.1) is 6.92 Å². The molecule has 0 saturated carbocycles. The monoisotopic (exact) mass is 203 g/mol. The molecule has 1 aromatic carbocycles. The van der Waals surface area contributed by atoms with Crippen molar-refractivity contribution >= 4 is 11.7 Å². The summed E-state index contributed by atoms with van der Waals surface area (Å²) < 4.78 is 5.21. The second-order valence-electron chi connectivity index (χ2n) is 3.29. The summed E-state index contributed by atoms with van der Waals surface area (Å²) in [5, 5.41) is 3.09. The summed E-state index contributed by atoms with van der Waals surface area (Å²) in [5.41, 5.74) is 8.31. The molecule has 4 heteroatoms. The normalized spacial score (nSPS) is 10.3. The summed E-state index contributed by atoms with van der Waals surface area (Å²) in [5.74, 6) is 0. The molecule has 0 aliphatic rings. The van der Waals surface area contributed by atoms with E-state index in [2.05, 4.69) is 10.3 Å². The van der Waals surface area contributed by atoms with E-state index < -0.39 is 0 Å². The van der Waals surface area contributed by atoms with Gasteiger partial charge >= 0.3 is 0 Å². The molecule has 0 unspecified atom stereocenters. The van der Waals surface area contributed by atoms with E-state index in [0.717, 1.165) is 16.9 Å². The minimum absolute atomic E-state index is 0.388. The molecule has 0 aliphatic carbocycles. The van der Waals surface area contributed by atoms with Crippen molar-refractivity contribution in [3.63, 3.8) is 0 Å². The molecule has 0 bridgehead atoms. The van der Waals surface area contributed by atoms with Gasteiger partial charge in [-0.1, -0.05) is 18.2 Å². The maximum absolute atomic E-state index is 5.44. The number of nitrogens with zero attached hydrogens (tertiary/aromatic N) is 1. The minimum atomic E-state index is 0.388. The Kier molecular flexibility index (Phi) is 2.69. The average molecular weight is 203 g/mol. The topological polar surface area (TPSA) is 64.1 Å². The zero-order valence-electron chi connectivity index (χ0n) is 8.53. The predicted octanol–water partition coefficient (Wildman–Crippen LogP) is 2.19. The Morgan fingerprint density at radius 1 is 1.40 bits per heavy atom. The number of hydrogen-bond donors (Lipinski definition) is 2. The summed E-state index contributed by atoms with van der Waals surface area (Å²) >= 11 is 0. The lowest BCUT2D eigenvalue weighted by Gasteiger charge is -2.04. The third-order valence-corrected chi connectivity index (χ3v) is 2.15. The number of anilines is 2. The van der Waals surface area contributed by atoms with Crippen LogP contribution in [0.5, 0.6) is 0 Å². The van der Waals surface area contributed by atoms with E-state index >= 15 is 0 Å². The smallest absolute Gasteiger partial charge is 0.299 e. The third-order valence-electron chi connectivity index (χ3n) is 2.15. The first-order chi connectivity index (χ1) is 7.29. The molecule has 0 saturated heterocycles. The molecule has 3 N–H and O–H groups in total. The van der Waals surface area contributed by atoms with Crippen molar-refractivity contribution < 1.29 is 4.42 Å². The number of benzene rings is 1. The van der Waals surface area contributed by atoms with E-state index in [4.69, 9.17) is 10.2 Å². The molecule has 0 atom stereocenters. The lowest BCUT2D eigenvalue weighted by molar-refractivity contribution is 0.576. The molecule has 4 nitrogen and oxygen atoms in total. The average Bonchev–Trinajstić information content (AvgIpc) is 2.69. The van der Waals surface area contributed by atoms with E-state index in [9.17, 15) is 0 Å². The summed E-state index contributed by atoms with van der Waals surface area (Å²) in [6.45, 7) is 2.41. The molecule has 0 fully saturated rings. The van der Waals surface area contributed by atoms with Crippen molar-refractivity contribution in [2.75, 3.05) is 5.32 Å². The Labute approximate surface area is 88.1 Å². The van der Waals surface area contributed by atoms with Gasteiger partial charge in [-0.25, -0.2) is 0 Å². The fourth-order valence-electron chi connectivity index (χ4n) is 1.29. The molecule has 2 aromatic rings. The van der Waals surface area contributed by atoms with Crippen molar-refractivity contribution in [3.8, 4) is 0 Å². The van der Waals surface area contributed by atoms with Gasteiger partial charge in [-0.3, -0.25) is 0 Å². The van der Waals surface area contributed by atoms with Crippen LogP contribution >= 0.6 is 0 Å². The Morgan fingerprint density at radius 2 is 2.20 bits per heavy atom. The molecule has 15 heavy (non-hydrogen) atoms. The van der Waals surface area contributed by atoms with Gasteiger partial charge < -0.3 is 15.5 Å². The van der Waals surface area contributed by atoms with Crippen molar-refractivity contribution in [3.05, 3.63) is 41.8 Å². The quantitative estimate of drug-likeness (QED) is 0.802. The van der Waals surface area contributed by atoms with Gasteiger partial charge in [-0.15, -0.1) is 0 Å². The fraction of sp³-hybridized carbons (Fsp3) is 0.182. The Morgan fingerprint density at radius 3 is 2.87 bits per heavy atom. The first kappa shape index (κ1) is 9.73.